The zero-order chi connectivity index (χ0) is 45.8. The molecule has 2 atom stereocenters. The number of fused-ring (bicyclic) bond motifs is 2. The summed E-state index contributed by atoms with van der Waals surface area (Å²) in [7, 11) is 1.59. The predicted molar refractivity (Wildman–Crippen MR) is 255 cm³/mol. The van der Waals surface area contributed by atoms with Crippen LogP contribution in [0.5, 0.6) is 11.5 Å². The van der Waals surface area contributed by atoms with Crippen LogP contribution < -0.4 is 35.6 Å². The lowest BCUT2D eigenvalue weighted by molar-refractivity contribution is -0.146. The largest absolute Gasteiger partial charge is 0.492 e. The van der Waals surface area contributed by atoms with Gasteiger partial charge in [0.1, 0.15) is 23.1 Å². The van der Waals surface area contributed by atoms with Gasteiger partial charge in [0.15, 0.2) is 5.60 Å². The number of carbonyl (C=O) groups is 5. The third kappa shape index (κ3) is 9.74. The number of aromatic nitrogens is 1. The molecule has 16 heteroatoms. The van der Waals surface area contributed by atoms with Gasteiger partial charge in [0.2, 0.25) is 23.6 Å². The van der Waals surface area contributed by atoms with Crippen LogP contribution in [0.3, 0.4) is 0 Å². The number of nitrogens with one attached hydrogen (secondary N) is 4. The van der Waals surface area contributed by atoms with Gasteiger partial charge in [-0.15, -0.1) is 11.3 Å². The SMILES string of the molecule is CNC(=O)C1(Oc2ccccc2-c2nc3cccc(Cl)c3s2)CCN(C(=O)[C@H]2CCC(=O)Nc3ccc(OCCNCC4CCN(c5cccc(C6CCC(=O)NC6=O)c5)CC4)cc32)CC1. The molecule has 3 saturated heterocycles. The molecule has 4 aliphatic rings. The molecule has 5 heterocycles. The van der Waals surface area contributed by atoms with Gasteiger partial charge in [-0.3, -0.25) is 29.3 Å². The van der Waals surface area contributed by atoms with E-state index in [2.05, 4.69) is 38.3 Å². The highest BCUT2D eigenvalue weighted by Gasteiger charge is 2.46. The maximum Gasteiger partial charge on any atom is 0.264 e. The second-order valence-corrected chi connectivity index (χ2v) is 19.0. The molecule has 4 N–H and O–H groups in total. The van der Waals surface area contributed by atoms with Crippen molar-refractivity contribution in [1.82, 2.24) is 25.8 Å². The van der Waals surface area contributed by atoms with Crippen LogP contribution in [0.15, 0.2) is 84.9 Å². The van der Waals surface area contributed by atoms with Gasteiger partial charge in [0, 0.05) is 76.8 Å². The van der Waals surface area contributed by atoms with E-state index in [1.165, 1.54) is 11.3 Å². The van der Waals surface area contributed by atoms with Crippen LogP contribution >= 0.6 is 22.9 Å². The summed E-state index contributed by atoms with van der Waals surface area (Å²) >= 11 is 7.95. The van der Waals surface area contributed by atoms with E-state index in [1.54, 1.807) is 11.9 Å². The first kappa shape index (κ1) is 45.1. The predicted octanol–water partition coefficient (Wildman–Crippen LogP) is 7.02. The number of anilines is 2. The van der Waals surface area contributed by atoms with Crippen molar-refractivity contribution in [1.29, 1.82) is 0 Å². The molecule has 5 aromatic rings. The number of likely N-dealkylation sites (tertiary alicyclic amines) is 1. The number of amides is 5. The molecule has 4 aliphatic heterocycles. The minimum absolute atomic E-state index is 0.100. The van der Waals surface area contributed by atoms with Crippen LogP contribution in [0.4, 0.5) is 11.4 Å². The number of nitrogens with zero attached hydrogens (tertiary/aromatic N) is 3. The summed E-state index contributed by atoms with van der Waals surface area (Å²) in [6, 6.07) is 26.8. The van der Waals surface area contributed by atoms with Gasteiger partial charge in [0.25, 0.3) is 5.91 Å². The molecule has 66 heavy (non-hydrogen) atoms. The summed E-state index contributed by atoms with van der Waals surface area (Å²) in [6.45, 7) is 4.36. The van der Waals surface area contributed by atoms with Crippen LogP contribution in [-0.4, -0.2) is 97.9 Å². The van der Waals surface area contributed by atoms with Gasteiger partial charge >= 0.3 is 0 Å². The Hall–Kier alpha value is -6.03. The fourth-order valence-electron chi connectivity index (χ4n) is 9.71. The maximum atomic E-state index is 14.4. The van der Waals surface area contributed by atoms with E-state index in [0.717, 1.165) is 70.1 Å². The Morgan fingerprint density at radius 2 is 1.65 bits per heavy atom. The second-order valence-electron chi connectivity index (χ2n) is 17.6. The normalized spacial score (nSPS) is 19.9. The number of imide groups is 1. The molecule has 0 spiro atoms. The zero-order valence-corrected chi connectivity index (χ0v) is 38.5. The lowest BCUT2D eigenvalue weighted by Gasteiger charge is -2.41. The number of hydrogen-bond acceptors (Lipinski definition) is 11. The average molecular weight is 933 g/mol. The molecule has 0 aliphatic carbocycles. The van der Waals surface area contributed by atoms with Gasteiger partial charge in [-0.1, -0.05) is 41.9 Å². The molecule has 4 aromatic carbocycles. The number of benzene rings is 4. The van der Waals surface area contributed by atoms with Crippen molar-refractivity contribution < 1.29 is 33.4 Å². The number of thiazole rings is 1. The van der Waals surface area contributed by atoms with Crippen molar-refractivity contribution in [3.63, 3.8) is 0 Å². The lowest BCUT2D eigenvalue weighted by atomic mass is 9.87. The Labute approximate surface area is 392 Å². The zero-order valence-electron chi connectivity index (χ0n) is 36.9. The van der Waals surface area contributed by atoms with E-state index in [0.29, 0.717) is 60.5 Å². The van der Waals surface area contributed by atoms with Crippen molar-refractivity contribution in [2.75, 3.05) is 63.1 Å². The molecule has 0 radical (unpaired) electrons. The van der Waals surface area contributed by atoms with E-state index in [-0.39, 0.29) is 67.8 Å². The van der Waals surface area contributed by atoms with Crippen LogP contribution in [0.2, 0.25) is 5.02 Å². The Morgan fingerprint density at radius 1 is 0.879 bits per heavy atom. The fraction of sp³-hybridized carbons (Fsp3) is 0.400. The number of carbonyl (C=O) groups excluding carboxylic acids is 5. The molecular formula is C50H54ClN7O7S. The third-order valence-electron chi connectivity index (χ3n) is 13.4. The Bertz CT molecular complexity index is 2640. The highest BCUT2D eigenvalue weighted by Crippen LogP contribution is 2.42. The lowest BCUT2D eigenvalue weighted by Crippen LogP contribution is -2.58. The molecule has 1 aromatic heterocycles. The number of hydrogen-bond donors (Lipinski definition) is 4. The van der Waals surface area contributed by atoms with Gasteiger partial charge in [-0.25, -0.2) is 4.98 Å². The monoisotopic (exact) mass is 931 g/mol. The minimum atomic E-state index is -1.23. The summed E-state index contributed by atoms with van der Waals surface area (Å²) in [5.74, 6) is -0.133. The quantitative estimate of drug-likeness (QED) is 0.0711. The van der Waals surface area contributed by atoms with Crippen molar-refractivity contribution in [2.24, 2.45) is 5.92 Å². The maximum absolute atomic E-state index is 14.4. The smallest absolute Gasteiger partial charge is 0.264 e. The van der Waals surface area contributed by atoms with Crippen LogP contribution in [-0.2, 0) is 24.0 Å². The van der Waals surface area contributed by atoms with Crippen LogP contribution in [0.25, 0.3) is 20.8 Å². The topological polar surface area (TPSA) is 171 Å². The molecule has 3 fully saturated rings. The standard InChI is InChI=1S/C50H54ClN7O7S/c1-52-49(63)50(65-42-11-3-2-8-37(42)47-55-41-10-5-9-39(51)45(41)66-47)20-25-58(26-21-50)48(62)36-14-17-43(59)54-40-15-12-34(29-38(36)40)64-27-22-53-30-31-18-23-57(24-19-31)33-7-4-6-32(28-33)35-13-16-44(60)56-46(35)61/h2-12,15,28-29,31,35-36,53H,13-14,16-27,30H2,1H3,(H,52,63)(H,54,59)(H,56,60,61)/t35?,36-/m0/s1. The summed E-state index contributed by atoms with van der Waals surface area (Å²) in [4.78, 5) is 74.0. The first-order valence-electron chi connectivity index (χ1n) is 22.9. The molecule has 9 rings (SSSR count). The molecule has 1 unspecified atom stereocenters. The number of likely N-dealkylation sites (N-methyl/N-ethyl adjacent to an activating group) is 1. The van der Waals surface area contributed by atoms with E-state index in [4.69, 9.17) is 26.1 Å². The Balaban J connectivity index is 0.787. The second kappa shape index (κ2) is 19.8. The van der Waals surface area contributed by atoms with Crippen LogP contribution in [0, 0.1) is 5.92 Å². The summed E-state index contributed by atoms with van der Waals surface area (Å²) in [5, 5.41) is 13.2. The number of piperidine rings is 3. The van der Waals surface area contributed by atoms with Gasteiger partial charge in [-0.2, -0.15) is 0 Å². The first-order valence-corrected chi connectivity index (χ1v) is 24.1. The summed E-state index contributed by atoms with van der Waals surface area (Å²) in [6.07, 6.45) is 4.06. The fourth-order valence-corrected chi connectivity index (χ4v) is 11.0. The highest BCUT2D eigenvalue weighted by molar-refractivity contribution is 7.22. The number of ether oxygens (including phenoxy) is 2. The van der Waals surface area contributed by atoms with Crippen molar-refractivity contribution in [3.05, 3.63) is 101 Å². The third-order valence-corrected chi connectivity index (χ3v) is 15.0. The van der Waals surface area contributed by atoms with Crippen molar-refractivity contribution in [3.8, 4) is 22.1 Å². The number of halogens is 1. The van der Waals surface area contributed by atoms with Gasteiger partial charge < -0.3 is 35.2 Å². The van der Waals surface area contributed by atoms with E-state index in [1.807, 2.05) is 72.8 Å². The molecular weight excluding hydrogens is 878 g/mol. The first-order chi connectivity index (χ1) is 32.1. The van der Waals surface area contributed by atoms with Crippen LogP contribution in [0.1, 0.15) is 74.3 Å². The Morgan fingerprint density at radius 3 is 2.44 bits per heavy atom. The molecule has 14 nitrogen and oxygen atoms in total. The summed E-state index contributed by atoms with van der Waals surface area (Å²) in [5.41, 5.74) is 3.69. The van der Waals surface area contributed by atoms with E-state index in [9.17, 15) is 24.0 Å². The van der Waals surface area contributed by atoms with Crippen molar-refractivity contribution >= 4 is 74.1 Å². The molecule has 344 valence electrons. The van der Waals surface area contributed by atoms with Gasteiger partial charge in [-0.05, 0) is 104 Å². The highest BCUT2D eigenvalue weighted by atomic mass is 35.5. The number of rotatable bonds is 13. The van der Waals surface area contributed by atoms with E-state index >= 15 is 0 Å². The van der Waals surface area contributed by atoms with E-state index < -0.39 is 11.5 Å². The molecule has 0 bridgehead atoms. The summed E-state index contributed by atoms with van der Waals surface area (Å²) < 4.78 is 13.8. The van der Waals surface area contributed by atoms with Gasteiger partial charge in [0.05, 0.1) is 32.6 Å². The minimum Gasteiger partial charge on any atom is -0.492 e. The molecule has 0 saturated carbocycles. The number of para-hydroxylation sites is 1. The average Bonchev–Trinajstić information content (AvgIpc) is 3.70. The molecule has 5 amide bonds. The van der Waals surface area contributed by atoms with Crippen molar-refractivity contribution in [2.45, 2.75) is 68.8 Å². The Kier molecular flexibility index (Phi) is 13.6.